The molecule has 3 nitrogen and oxygen atoms in total. The smallest absolute Gasteiger partial charge is 0.0589 e. The molecule has 2 unspecified atom stereocenters. The molecule has 0 radical (unpaired) electrons. The Hall–Kier alpha value is -0.120. The Morgan fingerprint density at radius 1 is 1.50 bits per heavy atom. The lowest BCUT2D eigenvalue weighted by atomic mass is 10.2. The molecule has 1 aliphatic rings. The molecule has 0 aliphatic heterocycles. The lowest BCUT2D eigenvalue weighted by Crippen LogP contribution is -2.32. The van der Waals surface area contributed by atoms with Crippen molar-refractivity contribution in [3.63, 3.8) is 0 Å². The van der Waals surface area contributed by atoms with E-state index in [-0.39, 0.29) is 6.10 Å². The Labute approximate surface area is 74.3 Å². The van der Waals surface area contributed by atoms with Gasteiger partial charge >= 0.3 is 0 Å². The molecule has 0 saturated heterocycles. The molecule has 2 atom stereocenters. The van der Waals surface area contributed by atoms with E-state index < -0.39 is 0 Å². The average Bonchev–Trinajstić information content (AvgIpc) is 2.47. The van der Waals surface area contributed by atoms with Crippen molar-refractivity contribution < 1.29 is 9.84 Å². The predicted octanol–water partition coefficient (Wildman–Crippen LogP) is 0.478. The highest BCUT2D eigenvalue weighted by molar-refractivity contribution is 4.80. The van der Waals surface area contributed by atoms with Crippen LogP contribution in [0.25, 0.3) is 0 Å². The molecule has 12 heavy (non-hydrogen) atoms. The molecule has 72 valence electrons. The van der Waals surface area contributed by atoms with Gasteiger partial charge in [-0.2, -0.15) is 0 Å². The van der Waals surface area contributed by atoms with Gasteiger partial charge in [-0.15, -0.1) is 0 Å². The standard InChI is InChI=1S/C9H19NO2/c1-10(5-6-12-2)8-3-4-9(11)7-8/h8-9,11H,3-7H2,1-2H3. The van der Waals surface area contributed by atoms with E-state index in [1.165, 1.54) is 0 Å². The Balaban J connectivity index is 2.18. The lowest BCUT2D eigenvalue weighted by Gasteiger charge is -2.23. The number of hydrogen-bond acceptors (Lipinski definition) is 3. The number of hydrogen-bond donors (Lipinski definition) is 1. The predicted molar refractivity (Wildman–Crippen MR) is 48.2 cm³/mol. The summed E-state index contributed by atoms with van der Waals surface area (Å²) in [6, 6.07) is 0.565. The van der Waals surface area contributed by atoms with Crippen LogP contribution in [0.4, 0.5) is 0 Å². The van der Waals surface area contributed by atoms with Crippen LogP contribution in [0.5, 0.6) is 0 Å². The van der Waals surface area contributed by atoms with Crippen molar-refractivity contribution in [2.24, 2.45) is 0 Å². The first kappa shape index (κ1) is 9.96. The van der Waals surface area contributed by atoms with Gasteiger partial charge in [-0.3, -0.25) is 0 Å². The number of methoxy groups -OCH3 is 1. The van der Waals surface area contributed by atoms with Crippen molar-refractivity contribution in [3.8, 4) is 0 Å². The minimum atomic E-state index is -0.0694. The SMILES string of the molecule is COCCN(C)C1CCC(O)C1. The van der Waals surface area contributed by atoms with Crippen molar-refractivity contribution in [3.05, 3.63) is 0 Å². The molecular weight excluding hydrogens is 154 g/mol. The number of rotatable bonds is 4. The first-order valence-electron chi connectivity index (χ1n) is 4.61. The second-order valence-electron chi connectivity index (χ2n) is 3.59. The second-order valence-corrected chi connectivity index (χ2v) is 3.59. The van der Waals surface area contributed by atoms with Crippen LogP contribution in [-0.2, 0) is 4.74 Å². The number of nitrogens with zero attached hydrogens (tertiary/aromatic N) is 1. The van der Waals surface area contributed by atoms with Gasteiger partial charge in [0.1, 0.15) is 0 Å². The molecule has 1 saturated carbocycles. The maximum absolute atomic E-state index is 9.32. The van der Waals surface area contributed by atoms with Gasteiger partial charge in [0.15, 0.2) is 0 Å². The first-order valence-corrected chi connectivity index (χ1v) is 4.61. The van der Waals surface area contributed by atoms with E-state index >= 15 is 0 Å². The Kier molecular flexibility index (Phi) is 3.98. The summed E-state index contributed by atoms with van der Waals surface area (Å²) in [4.78, 5) is 2.28. The minimum absolute atomic E-state index is 0.0694. The number of ether oxygens (including phenoxy) is 1. The Morgan fingerprint density at radius 2 is 2.25 bits per heavy atom. The van der Waals surface area contributed by atoms with Crippen LogP contribution in [0.15, 0.2) is 0 Å². The monoisotopic (exact) mass is 173 g/mol. The van der Waals surface area contributed by atoms with Gasteiger partial charge < -0.3 is 14.7 Å². The lowest BCUT2D eigenvalue weighted by molar-refractivity contribution is 0.127. The quantitative estimate of drug-likeness (QED) is 0.671. The zero-order valence-electron chi connectivity index (χ0n) is 7.99. The van der Waals surface area contributed by atoms with Gasteiger partial charge in [0.05, 0.1) is 12.7 Å². The van der Waals surface area contributed by atoms with Gasteiger partial charge in [-0.1, -0.05) is 0 Å². The van der Waals surface area contributed by atoms with Crippen LogP contribution >= 0.6 is 0 Å². The molecule has 0 aromatic heterocycles. The number of likely N-dealkylation sites (N-methyl/N-ethyl adjacent to an activating group) is 1. The van der Waals surface area contributed by atoms with Crippen molar-refractivity contribution in [2.45, 2.75) is 31.4 Å². The summed E-state index contributed by atoms with van der Waals surface area (Å²) in [7, 11) is 3.82. The maximum Gasteiger partial charge on any atom is 0.0589 e. The molecule has 1 rings (SSSR count). The molecule has 0 bridgehead atoms. The fourth-order valence-corrected chi connectivity index (χ4v) is 1.75. The Morgan fingerprint density at radius 3 is 2.75 bits per heavy atom. The summed E-state index contributed by atoms with van der Waals surface area (Å²) >= 11 is 0. The van der Waals surface area contributed by atoms with Gasteiger partial charge in [-0.25, -0.2) is 0 Å². The third-order valence-electron chi connectivity index (χ3n) is 2.65. The molecule has 3 heteroatoms. The maximum atomic E-state index is 9.32. The summed E-state index contributed by atoms with van der Waals surface area (Å²) in [5.41, 5.74) is 0. The Bertz CT molecular complexity index is 130. The summed E-state index contributed by atoms with van der Waals surface area (Å²) in [6.45, 7) is 1.75. The molecule has 0 spiro atoms. The van der Waals surface area contributed by atoms with Crippen molar-refractivity contribution >= 4 is 0 Å². The molecule has 1 aliphatic carbocycles. The zero-order chi connectivity index (χ0) is 8.97. The fourth-order valence-electron chi connectivity index (χ4n) is 1.75. The van der Waals surface area contributed by atoms with Crippen molar-refractivity contribution in [1.82, 2.24) is 4.90 Å². The number of aliphatic hydroxyl groups is 1. The summed E-state index contributed by atoms with van der Waals surface area (Å²) in [6.07, 6.45) is 2.95. The topological polar surface area (TPSA) is 32.7 Å². The average molecular weight is 173 g/mol. The minimum Gasteiger partial charge on any atom is -0.393 e. The van der Waals surface area contributed by atoms with Crippen LogP contribution in [0.1, 0.15) is 19.3 Å². The van der Waals surface area contributed by atoms with Crippen LogP contribution in [0.3, 0.4) is 0 Å². The molecule has 0 amide bonds. The normalized spacial score (nSPS) is 30.0. The van der Waals surface area contributed by atoms with E-state index in [0.29, 0.717) is 6.04 Å². The molecule has 1 N–H and O–H groups in total. The van der Waals surface area contributed by atoms with Gasteiger partial charge in [0, 0.05) is 19.7 Å². The fraction of sp³-hybridized carbons (Fsp3) is 1.00. The van der Waals surface area contributed by atoms with E-state index in [4.69, 9.17) is 4.74 Å². The van der Waals surface area contributed by atoms with Crippen LogP contribution in [-0.4, -0.2) is 49.5 Å². The second kappa shape index (κ2) is 4.80. The highest BCUT2D eigenvalue weighted by Gasteiger charge is 2.25. The van der Waals surface area contributed by atoms with E-state index in [2.05, 4.69) is 11.9 Å². The van der Waals surface area contributed by atoms with Gasteiger partial charge in [-0.05, 0) is 26.3 Å². The van der Waals surface area contributed by atoms with Gasteiger partial charge in [0.2, 0.25) is 0 Å². The highest BCUT2D eigenvalue weighted by atomic mass is 16.5. The van der Waals surface area contributed by atoms with Gasteiger partial charge in [0.25, 0.3) is 0 Å². The summed E-state index contributed by atoms with van der Waals surface area (Å²) in [5, 5.41) is 9.32. The summed E-state index contributed by atoms with van der Waals surface area (Å²) in [5.74, 6) is 0. The van der Waals surface area contributed by atoms with E-state index in [1.54, 1.807) is 7.11 Å². The highest BCUT2D eigenvalue weighted by Crippen LogP contribution is 2.22. The zero-order valence-corrected chi connectivity index (χ0v) is 7.99. The largest absolute Gasteiger partial charge is 0.393 e. The van der Waals surface area contributed by atoms with Crippen LogP contribution < -0.4 is 0 Å². The summed E-state index contributed by atoms with van der Waals surface area (Å²) < 4.78 is 4.99. The first-order chi connectivity index (χ1) is 5.74. The van der Waals surface area contributed by atoms with E-state index in [0.717, 1.165) is 32.4 Å². The van der Waals surface area contributed by atoms with E-state index in [1.807, 2.05) is 0 Å². The number of aliphatic hydroxyl groups excluding tert-OH is 1. The van der Waals surface area contributed by atoms with Crippen LogP contribution in [0.2, 0.25) is 0 Å². The molecular formula is C9H19NO2. The van der Waals surface area contributed by atoms with E-state index in [9.17, 15) is 5.11 Å². The molecule has 0 heterocycles. The van der Waals surface area contributed by atoms with Crippen molar-refractivity contribution in [1.29, 1.82) is 0 Å². The van der Waals surface area contributed by atoms with Crippen LogP contribution in [0, 0.1) is 0 Å². The third-order valence-corrected chi connectivity index (χ3v) is 2.65. The molecule has 1 fully saturated rings. The third kappa shape index (κ3) is 2.73. The molecule has 0 aromatic carbocycles. The van der Waals surface area contributed by atoms with Crippen molar-refractivity contribution in [2.75, 3.05) is 27.3 Å². The molecule has 0 aromatic rings.